The summed E-state index contributed by atoms with van der Waals surface area (Å²) in [5.74, 6) is 0.439. The molecule has 0 radical (unpaired) electrons. The number of hydrogen-bond donors (Lipinski definition) is 1. The number of hydrogen-bond acceptors (Lipinski definition) is 2. The Kier molecular flexibility index (Phi) is 5.02. The number of para-hydroxylation sites is 1. The van der Waals surface area contributed by atoms with Crippen molar-refractivity contribution < 1.29 is 9.53 Å². The molecule has 0 aromatic heterocycles. The molecule has 4 heteroatoms. The van der Waals surface area contributed by atoms with E-state index < -0.39 is 0 Å². The quantitative estimate of drug-likeness (QED) is 0.906. The Morgan fingerprint density at radius 2 is 1.85 bits per heavy atom. The first-order valence-corrected chi connectivity index (χ1v) is 6.83. The van der Waals surface area contributed by atoms with Crippen molar-refractivity contribution in [3.05, 3.63) is 59.1 Å². The summed E-state index contributed by atoms with van der Waals surface area (Å²) in [6.07, 6.45) is 0.979. The molecule has 0 aliphatic heterocycles. The smallest absolute Gasteiger partial charge is 0.262 e. The first-order valence-electron chi connectivity index (χ1n) is 6.45. The lowest BCUT2D eigenvalue weighted by molar-refractivity contribution is -0.118. The standard InChI is InChI=1S/C16H16ClNO2/c1-2-12-7-9-13(10-8-12)20-11-16(19)18-15-6-4-3-5-14(15)17/h3-10H,2,11H2,1H3,(H,18,19). The summed E-state index contributed by atoms with van der Waals surface area (Å²) in [7, 11) is 0. The highest BCUT2D eigenvalue weighted by Crippen LogP contribution is 2.20. The van der Waals surface area contributed by atoms with Crippen LogP contribution in [0.25, 0.3) is 0 Å². The van der Waals surface area contributed by atoms with E-state index in [0.717, 1.165) is 6.42 Å². The fraction of sp³-hybridized carbons (Fsp3) is 0.188. The molecule has 20 heavy (non-hydrogen) atoms. The van der Waals surface area contributed by atoms with Gasteiger partial charge in [0, 0.05) is 0 Å². The van der Waals surface area contributed by atoms with Crippen molar-refractivity contribution in [2.75, 3.05) is 11.9 Å². The van der Waals surface area contributed by atoms with Gasteiger partial charge in [0.15, 0.2) is 6.61 Å². The van der Waals surface area contributed by atoms with E-state index in [4.69, 9.17) is 16.3 Å². The molecule has 1 N–H and O–H groups in total. The number of anilines is 1. The van der Waals surface area contributed by atoms with E-state index in [1.165, 1.54) is 5.56 Å². The van der Waals surface area contributed by atoms with Gasteiger partial charge in [0.05, 0.1) is 10.7 Å². The predicted molar refractivity (Wildman–Crippen MR) is 81.4 cm³/mol. The molecule has 2 aromatic rings. The second-order valence-electron chi connectivity index (χ2n) is 4.31. The van der Waals surface area contributed by atoms with Gasteiger partial charge in [-0.05, 0) is 36.2 Å². The zero-order valence-corrected chi connectivity index (χ0v) is 12.0. The summed E-state index contributed by atoms with van der Waals surface area (Å²) < 4.78 is 5.42. The Labute approximate surface area is 123 Å². The monoisotopic (exact) mass is 289 g/mol. The minimum Gasteiger partial charge on any atom is -0.484 e. The van der Waals surface area contributed by atoms with E-state index in [9.17, 15) is 4.79 Å². The van der Waals surface area contributed by atoms with Gasteiger partial charge in [-0.1, -0.05) is 42.8 Å². The summed E-state index contributed by atoms with van der Waals surface area (Å²) in [4.78, 5) is 11.8. The normalized spacial score (nSPS) is 10.1. The first-order chi connectivity index (χ1) is 9.69. The summed E-state index contributed by atoms with van der Waals surface area (Å²) in [5, 5.41) is 3.21. The average Bonchev–Trinajstić information content (AvgIpc) is 2.48. The molecular weight excluding hydrogens is 274 g/mol. The van der Waals surface area contributed by atoms with Crippen LogP contribution in [0, 0.1) is 0 Å². The van der Waals surface area contributed by atoms with Crippen molar-refractivity contribution in [1.29, 1.82) is 0 Å². The lowest BCUT2D eigenvalue weighted by Crippen LogP contribution is -2.20. The van der Waals surface area contributed by atoms with Crippen LogP contribution in [0.5, 0.6) is 5.75 Å². The first kappa shape index (κ1) is 14.4. The molecule has 0 unspecified atom stereocenters. The fourth-order valence-corrected chi connectivity index (χ4v) is 1.90. The molecule has 0 bridgehead atoms. The molecule has 0 fully saturated rings. The molecule has 0 heterocycles. The molecule has 104 valence electrons. The topological polar surface area (TPSA) is 38.3 Å². The fourth-order valence-electron chi connectivity index (χ4n) is 1.72. The van der Waals surface area contributed by atoms with Gasteiger partial charge in [0.25, 0.3) is 5.91 Å². The Bertz CT molecular complexity index is 581. The van der Waals surface area contributed by atoms with Crippen molar-refractivity contribution in [2.45, 2.75) is 13.3 Å². The van der Waals surface area contributed by atoms with Crippen LogP contribution in [-0.4, -0.2) is 12.5 Å². The van der Waals surface area contributed by atoms with E-state index in [0.29, 0.717) is 16.5 Å². The molecule has 1 amide bonds. The Morgan fingerprint density at radius 1 is 1.15 bits per heavy atom. The second-order valence-corrected chi connectivity index (χ2v) is 4.72. The van der Waals surface area contributed by atoms with Gasteiger partial charge in [-0.2, -0.15) is 0 Å². The third kappa shape index (κ3) is 4.00. The average molecular weight is 290 g/mol. The van der Waals surface area contributed by atoms with E-state index in [-0.39, 0.29) is 12.5 Å². The van der Waals surface area contributed by atoms with Crippen LogP contribution < -0.4 is 10.1 Å². The number of amides is 1. The summed E-state index contributed by atoms with van der Waals surface area (Å²) in [6, 6.07) is 14.8. The second kappa shape index (κ2) is 6.96. The van der Waals surface area contributed by atoms with Crippen LogP contribution in [0.15, 0.2) is 48.5 Å². The Morgan fingerprint density at radius 3 is 2.50 bits per heavy atom. The van der Waals surface area contributed by atoms with E-state index in [2.05, 4.69) is 12.2 Å². The summed E-state index contributed by atoms with van der Waals surface area (Å²) >= 11 is 5.96. The van der Waals surface area contributed by atoms with Gasteiger partial charge in [-0.25, -0.2) is 0 Å². The van der Waals surface area contributed by atoms with Crippen LogP contribution in [0.3, 0.4) is 0 Å². The van der Waals surface area contributed by atoms with Crippen LogP contribution >= 0.6 is 11.6 Å². The number of carbonyl (C=O) groups excluding carboxylic acids is 1. The van der Waals surface area contributed by atoms with Crippen LogP contribution in [-0.2, 0) is 11.2 Å². The molecular formula is C16H16ClNO2. The van der Waals surface area contributed by atoms with E-state index in [1.807, 2.05) is 36.4 Å². The number of halogens is 1. The maximum Gasteiger partial charge on any atom is 0.262 e. The van der Waals surface area contributed by atoms with Gasteiger partial charge in [0.2, 0.25) is 0 Å². The van der Waals surface area contributed by atoms with Crippen molar-refractivity contribution in [3.8, 4) is 5.75 Å². The van der Waals surface area contributed by atoms with Crippen LogP contribution in [0.4, 0.5) is 5.69 Å². The summed E-state index contributed by atoms with van der Waals surface area (Å²) in [5.41, 5.74) is 1.82. The molecule has 0 aliphatic rings. The molecule has 2 rings (SSSR count). The lowest BCUT2D eigenvalue weighted by Gasteiger charge is -2.09. The van der Waals surface area contributed by atoms with Gasteiger partial charge in [0.1, 0.15) is 5.75 Å². The highest BCUT2D eigenvalue weighted by molar-refractivity contribution is 6.33. The molecule has 0 spiro atoms. The third-order valence-electron chi connectivity index (χ3n) is 2.85. The molecule has 3 nitrogen and oxygen atoms in total. The highest BCUT2D eigenvalue weighted by atomic mass is 35.5. The number of nitrogens with one attached hydrogen (secondary N) is 1. The maximum absolute atomic E-state index is 11.8. The Balaban J connectivity index is 1.87. The minimum atomic E-state index is -0.238. The number of aryl methyl sites for hydroxylation is 1. The van der Waals surface area contributed by atoms with Crippen molar-refractivity contribution in [3.63, 3.8) is 0 Å². The molecule has 0 saturated heterocycles. The predicted octanol–water partition coefficient (Wildman–Crippen LogP) is 3.92. The van der Waals surface area contributed by atoms with Gasteiger partial charge >= 0.3 is 0 Å². The number of rotatable bonds is 5. The zero-order chi connectivity index (χ0) is 14.4. The largest absolute Gasteiger partial charge is 0.484 e. The molecule has 0 aliphatic carbocycles. The van der Waals surface area contributed by atoms with Crippen molar-refractivity contribution >= 4 is 23.2 Å². The minimum absolute atomic E-state index is 0.0449. The van der Waals surface area contributed by atoms with E-state index >= 15 is 0 Å². The van der Waals surface area contributed by atoms with Crippen LogP contribution in [0.1, 0.15) is 12.5 Å². The maximum atomic E-state index is 11.8. The van der Waals surface area contributed by atoms with Crippen LogP contribution in [0.2, 0.25) is 5.02 Å². The SMILES string of the molecule is CCc1ccc(OCC(=O)Nc2ccccc2Cl)cc1. The van der Waals surface area contributed by atoms with Gasteiger partial charge in [-0.15, -0.1) is 0 Å². The number of carbonyl (C=O) groups is 1. The number of ether oxygens (including phenoxy) is 1. The lowest BCUT2D eigenvalue weighted by atomic mass is 10.2. The number of benzene rings is 2. The molecule has 0 saturated carbocycles. The van der Waals surface area contributed by atoms with Crippen molar-refractivity contribution in [2.24, 2.45) is 0 Å². The van der Waals surface area contributed by atoms with E-state index in [1.54, 1.807) is 12.1 Å². The molecule has 2 aromatic carbocycles. The zero-order valence-electron chi connectivity index (χ0n) is 11.2. The summed E-state index contributed by atoms with van der Waals surface area (Å²) in [6.45, 7) is 2.05. The van der Waals surface area contributed by atoms with Gasteiger partial charge in [-0.3, -0.25) is 4.79 Å². The van der Waals surface area contributed by atoms with Crippen molar-refractivity contribution in [1.82, 2.24) is 0 Å². The Hall–Kier alpha value is -2.00. The highest BCUT2D eigenvalue weighted by Gasteiger charge is 2.06. The molecule has 0 atom stereocenters. The third-order valence-corrected chi connectivity index (χ3v) is 3.18. The van der Waals surface area contributed by atoms with Gasteiger partial charge < -0.3 is 10.1 Å².